The molecule has 0 bridgehead atoms. The minimum absolute atomic E-state index is 0.0561. The first-order valence-corrected chi connectivity index (χ1v) is 9.45. The van der Waals surface area contributed by atoms with Crippen molar-refractivity contribution < 1.29 is 14.9 Å². The molecule has 0 saturated carbocycles. The first-order chi connectivity index (χ1) is 13.4. The van der Waals surface area contributed by atoms with Crippen molar-refractivity contribution in [3.05, 3.63) is 72.3 Å². The Bertz CT molecular complexity index is 977. The SMILES string of the molecule is CC(=O)Nc1ccc(NC(=O)[C@@H](C)[NH2+][C@@H](C)c2cccc3ccccc23)cc1. The van der Waals surface area contributed by atoms with E-state index in [-0.39, 0.29) is 23.9 Å². The van der Waals surface area contributed by atoms with Gasteiger partial charge in [-0.25, -0.2) is 0 Å². The van der Waals surface area contributed by atoms with Crippen molar-refractivity contribution >= 4 is 34.0 Å². The highest BCUT2D eigenvalue weighted by Gasteiger charge is 2.21. The van der Waals surface area contributed by atoms with Crippen molar-refractivity contribution in [1.82, 2.24) is 0 Å². The summed E-state index contributed by atoms with van der Waals surface area (Å²) in [6, 6.07) is 21.6. The van der Waals surface area contributed by atoms with Gasteiger partial charge in [0.2, 0.25) is 5.91 Å². The Morgan fingerprint density at radius 2 is 1.43 bits per heavy atom. The molecule has 4 N–H and O–H groups in total. The lowest BCUT2D eigenvalue weighted by atomic mass is 9.99. The summed E-state index contributed by atoms with van der Waals surface area (Å²) in [6.07, 6.45) is 0. The van der Waals surface area contributed by atoms with E-state index in [1.54, 1.807) is 24.3 Å². The van der Waals surface area contributed by atoms with E-state index in [1.807, 2.05) is 19.1 Å². The molecule has 0 fully saturated rings. The second-order valence-electron chi connectivity index (χ2n) is 7.09. The van der Waals surface area contributed by atoms with Crippen LogP contribution >= 0.6 is 0 Å². The molecule has 0 aliphatic rings. The Kier molecular flexibility index (Phi) is 6.06. The molecule has 3 aromatic carbocycles. The number of fused-ring (bicyclic) bond motifs is 1. The lowest BCUT2D eigenvalue weighted by Gasteiger charge is -2.18. The van der Waals surface area contributed by atoms with Crippen molar-refractivity contribution in [2.75, 3.05) is 10.6 Å². The highest BCUT2D eigenvalue weighted by atomic mass is 16.2. The van der Waals surface area contributed by atoms with Gasteiger partial charge < -0.3 is 16.0 Å². The summed E-state index contributed by atoms with van der Waals surface area (Å²) in [5, 5.41) is 10.1. The lowest BCUT2D eigenvalue weighted by molar-refractivity contribution is -0.709. The number of quaternary nitrogens is 1. The van der Waals surface area contributed by atoms with Gasteiger partial charge in [0, 0.05) is 23.9 Å². The third-order valence-electron chi connectivity index (χ3n) is 4.78. The zero-order chi connectivity index (χ0) is 20.1. The number of amides is 2. The number of carbonyl (C=O) groups excluding carboxylic acids is 2. The number of hydrogen-bond acceptors (Lipinski definition) is 2. The van der Waals surface area contributed by atoms with E-state index in [0.29, 0.717) is 11.4 Å². The first kappa shape index (κ1) is 19.6. The van der Waals surface area contributed by atoms with E-state index in [2.05, 4.69) is 53.2 Å². The third kappa shape index (κ3) is 4.75. The molecule has 3 rings (SSSR count). The van der Waals surface area contributed by atoms with Crippen LogP contribution in [0.4, 0.5) is 11.4 Å². The Morgan fingerprint density at radius 3 is 2.11 bits per heavy atom. The largest absolute Gasteiger partial charge is 0.330 e. The van der Waals surface area contributed by atoms with E-state index in [1.165, 1.54) is 23.3 Å². The summed E-state index contributed by atoms with van der Waals surface area (Å²) in [7, 11) is 0. The first-order valence-electron chi connectivity index (χ1n) is 9.45. The highest BCUT2D eigenvalue weighted by Crippen LogP contribution is 2.22. The predicted octanol–water partition coefficient (Wildman–Crippen LogP) is 3.45. The predicted molar refractivity (Wildman–Crippen MR) is 113 cm³/mol. The molecule has 2 atom stereocenters. The normalized spacial score (nSPS) is 13.0. The molecule has 0 aliphatic heterocycles. The Labute approximate surface area is 165 Å². The molecular weight excluding hydrogens is 350 g/mol. The smallest absolute Gasteiger partial charge is 0.282 e. The number of carbonyl (C=O) groups is 2. The fourth-order valence-electron chi connectivity index (χ4n) is 3.37. The quantitative estimate of drug-likeness (QED) is 0.616. The Balaban J connectivity index is 1.64. The van der Waals surface area contributed by atoms with Crippen molar-refractivity contribution in [2.45, 2.75) is 32.9 Å². The fourth-order valence-corrected chi connectivity index (χ4v) is 3.37. The van der Waals surface area contributed by atoms with Crippen molar-refractivity contribution in [3.8, 4) is 0 Å². The molecule has 5 heteroatoms. The van der Waals surface area contributed by atoms with Gasteiger partial charge in [0.25, 0.3) is 5.91 Å². The molecule has 5 nitrogen and oxygen atoms in total. The molecule has 144 valence electrons. The number of benzene rings is 3. The summed E-state index contributed by atoms with van der Waals surface area (Å²) < 4.78 is 0. The van der Waals surface area contributed by atoms with Crippen molar-refractivity contribution in [2.24, 2.45) is 0 Å². The second kappa shape index (κ2) is 8.67. The Morgan fingerprint density at radius 1 is 0.821 bits per heavy atom. The van der Waals surface area contributed by atoms with Gasteiger partial charge in [-0.2, -0.15) is 0 Å². The van der Waals surface area contributed by atoms with Gasteiger partial charge >= 0.3 is 0 Å². The van der Waals surface area contributed by atoms with Crippen LogP contribution in [0.3, 0.4) is 0 Å². The fraction of sp³-hybridized carbons (Fsp3) is 0.217. The summed E-state index contributed by atoms with van der Waals surface area (Å²) in [4.78, 5) is 23.7. The van der Waals surface area contributed by atoms with E-state index >= 15 is 0 Å². The maximum atomic E-state index is 12.6. The summed E-state index contributed by atoms with van der Waals surface area (Å²) in [5.74, 6) is -0.179. The molecule has 0 radical (unpaired) electrons. The zero-order valence-corrected chi connectivity index (χ0v) is 16.4. The number of nitrogens with one attached hydrogen (secondary N) is 2. The molecule has 0 aliphatic carbocycles. The maximum Gasteiger partial charge on any atom is 0.282 e. The standard InChI is InChI=1S/C23H25N3O2/c1-15(21-10-6-8-18-7-4-5-9-22(18)21)24-16(2)23(28)26-20-13-11-19(12-14-20)25-17(3)27/h4-16,24H,1-3H3,(H,25,27)(H,26,28)/p+1/t15-,16+/m0/s1. The number of hydrogen-bond donors (Lipinski definition) is 3. The van der Waals surface area contributed by atoms with Gasteiger partial charge in [-0.3, -0.25) is 9.59 Å². The Hall–Kier alpha value is -3.18. The van der Waals surface area contributed by atoms with Crippen LogP contribution in [0.2, 0.25) is 0 Å². The van der Waals surface area contributed by atoms with Crippen LogP contribution < -0.4 is 16.0 Å². The molecular formula is C23H26N3O2+. The zero-order valence-electron chi connectivity index (χ0n) is 16.4. The monoisotopic (exact) mass is 376 g/mol. The minimum Gasteiger partial charge on any atom is -0.330 e. The molecule has 0 saturated heterocycles. The van der Waals surface area contributed by atoms with Crippen LogP contribution in [0.1, 0.15) is 32.4 Å². The highest BCUT2D eigenvalue weighted by molar-refractivity contribution is 5.94. The van der Waals surface area contributed by atoms with E-state index in [4.69, 9.17) is 0 Å². The maximum absolute atomic E-state index is 12.6. The van der Waals surface area contributed by atoms with Crippen LogP contribution in [-0.4, -0.2) is 17.9 Å². The molecule has 0 spiro atoms. The molecule has 0 aromatic heterocycles. The molecule has 2 amide bonds. The van der Waals surface area contributed by atoms with E-state index in [9.17, 15) is 9.59 Å². The third-order valence-corrected chi connectivity index (χ3v) is 4.78. The molecule has 28 heavy (non-hydrogen) atoms. The van der Waals surface area contributed by atoms with Gasteiger partial charge in [0.05, 0.1) is 0 Å². The second-order valence-corrected chi connectivity index (χ2v) is 7.09. The van der Waals surface area contributed by atoms with Gasteiger partial charge in [0.15, 0.2) is 6.04 Å². The summed E-state index contributed by atoms with van der Waals surface area (Å²) >= 11 is 0. The van der Waals surface area contributed by atoms with Crippen LogP contribution in [0.5, 0.6) is 0 Å². The average Bonchev–Trinajstić information content (AvgIpc) is 2.68. The van der Waals surface area contributed by atoms with Gasteiger partial charge in [-0.05, 0) is 48.9 Å². The van der Waals surface area contributed by atoms with Crippen LogP contribution in [0.25, 0.3) is 10.8 Å². The molecule has 0 heterocycles. The topological polar surface area (TPSA) is 74.8 Å². The minimum atomic E-state index is -0.246. The van der Waals surface area contributed by atoms with Gasteiger partial charge in [0.1, 0.15) is 6.04 Å². The average molecular weight is 376 g/mol. The number of anilines is 2. The van der Waals surface area contributed by atoms with E-state index < -0.39 is 0 Å². The molecule has 0 unspecified atom stereocenters. The summed E-state index contributed by atoms with van der Waals surface area (Å²) in [5.41, 5.74) is 2.63. The molecule has 3 aromatic rings. The number of nitrogens with two attached hydrogens (primary N) is 1. The van der Waals surface area contributed by atoms with Crippen molar-refractivity contribution in [1.29, 1.82) is 0 Å². The number of rotatable bonds is 6. The van der Waals surface area contributed by atoms with E-state index in [0.717, 1.165) is 0 Å². The van der Waals surface area contributed by atoms with Crippen molar-refractivity contribution in [3.63, 3.8) is 0 Å². The van der Waals surface area contributed by atoms with Crippen LogP contribution in [0, 0.1) is 0 Å². The summed E-state index contributed by atoms with van der Waals surface area (Å²) in [6.45, 7) is 5.49. The van der Waals surface area contributed by atoms with Crippen LogP contribution in [-0.2, 0) is 9.59 Å². The van der Waals surface area contributed by atoms with Gasteiger partial charge in [-0.15, -0.1) is 0 Å². The lowest BCUT2D eigenvalue weighted by Crippen LogP contribution is -2.91. The van der Waals surface area contributed by atoms with Gasteiger partial charge in [-0.1, -0.05) is 42.5 Å². The van der Waals surface area contributed by atoms with Crippen LogP contribution in [0.15, 0.2) is 66.7 Å².